The highest BCUT2D eigenvalue weighted by molar-refractivity contribution is 5.92. The van der Waals surface area contributed by atoms with E-state index in [1.807, 2.05) is 30.3 Å². The average Bonchev–Trinajstić information content (AvgIpc) is 3.15. The molecule has 2 heterocycles. The number of carbonyl (C=O) groups is 2. The van der Waals surface area contributed by atoms with Crippen LogP contribution in [0.2, 0.25) is 0 Å². The summed E-state index contributed by atoms with van der Waals surface area (Å²) in [4.78, 5) is 25.7. The molecule has 0 bridgehead atoms. The molecule has 0 radical (unpaired) electrons. The first kappa shape index (κ1) is 14.9. The summed E-state index contributed by atoms with van der Waals surface area (Å²) in [5.41, 5.74) is 1.07. The lowest BCUT2D eigenvalue weighted by Crippen LogP contribution is -2.30. The maximum Gasteiger partial charge on any atom is 0.308 e. The van der Waals surface area contributed by atoms with E-state index in [0.29, 0.717) is 12.5 Å². The van der Waals surface area contributed by atoms with Crippen LogP contribution in [-0.2, 0) is 4.79 Å². The maximum atomic E-state index is 12.7. The van der Waals surface area contributed by atoms with Crippen LogP contribution in [0.15, 0.2) is 36.5 Å². The lowest BCUT2D eigenvalue weighted by Gasteiger charge is -2.14. The fraction of sp³-hybridized carbons (Fsp3) is 0.412. The third-order valence-electron chi connectivity index (χ3n) is 4.93. The SMILES string of the molecule is O=C(O)[C@H]1CN(C(=O)c2cn(-c3ccccc3)nn2)C[C@@H]1C1CC1. The predicted octanol–water partition coefficient (Wildman–Crippen LogP) is 1.45. The van der Waals surface area contributed by atoms with Gasteiger partial charge in [0.25, 0.3) is 5.91 Å². The number of para-hydroxylation sites is 1. The second-order valence-electron chi connectivity index (χ2n) is 6.54. The summed E-state index contributed by atoms with van der Waals surface area (Å²) < 4.78 is 1.55. The van der Waals surface area contributed by atoms with E-state index in [1.54, 1.807) is 15.8 Å². The van der Waals surface area contributed by atoms with Gasteiger partial charge in [0.1, 0.15) is 0 Å². The van der Waals surface area contributed by atoms with Crippen molar-refractivity contribution in [2.24, 2.45) is 17.8 Å². The van der Waals surface area contributed by atoms with E-state index in [9.17, 15) is 14.7 Å². The van der Waals surface area contributed by atoms with Crippen LogP contribution in [0.1, 0.15) is 23.3 Å². The quantitative estimate of drug-likeness (QED) is 0.919. The van der Waals surface area contributed by atoms with Crippen molar-refractivity contribution in [2.75, 3.05) is 13.1 Å². The van der Waals surface area contributed by atoms with Gasteiger partial charge < -0.3 is 10.0 Å². The number of aromatic nitrogens is 3. The molecule has 2 aliphatic rings. The standard InChI is InChI=1S/C17H18N4O3/c22-16(15-10-21(19-18-15)12-4-2-1-3-5-12)20-8-13(11-6-7-11)14(9-20)17(23)24/h1-5,10-11,13-14H,6-9H2,(H,23,24)/t13-,14+/m1/s1. The number of hydrogen-bond acceptors (Lipinski definition) is 4. The first-order valence-corrected chi connectivity index (χ1v) is 8.13. The molecule has 2 atom stereocenters. The third-order valence-corrected chi connectivity index (χ3v) is 4.93. The summed E-state index contributed by atoms with van der Waals surface area (Å²) in [5, 5.41) is 17.4. The van der Waals surface area contributed by atoms with E-state index < -0.39 is 11.9 Å². The van der Waals surface area contributed by atoms with Gasteiger partial charge in [0.2, 0.25) is 0 Å². The number of carboxylic acids is 1. The smallest absolute Gasteiger partial charge is 0.308 e. The minimum absolute atomic E-state index is 0.0654. The Morgan fingerprint density at radius 3 is 2.54 bits per heavy atom. The van der Waals surface area contributed by atoms with E-state index in [1.165, 1.54) is 0 Å². The number of aliphatic carboxylic acids is 1. The number of carbonyl (C=O) groups excluding carboxylic acids is 1. The predicted molar refractivity (Wildman–Crippen MR) is 84.6 cm³/mol. The highest BCUT2D eigenvalue weighted by Crippen LogP contribution is 2.44. The van der Waals surface area contributed by atoms with Crippen molar-refractivity contribution >= 4 is 11.9 Å². The van der Waals surface area contributed by atoms with Crippen LogP contribution in [0.25, 0.3) is 5.69 Å². The first-order valence-electron chi connectivity index (χ1n) is 8.13. The van der Waals surface area contributed by atoms with Crippen LogP contribution >= 0.6 is 0 Å². The molecule has 1 aliphatic heterocycles. The number of hydrogen-bond donors (Lipinski definition) is 1. The zero-order chi connectivity index (χ0) is 16.7. The lowest BCUT2D eigenvalue weighted by atomic mass is 9.92. The lowest BCUT2D eigenvalue weighted by molar-refractivity contribution is -0.142. The Labute approximate surface area is 138 Å². The largest absolute Gasteiger partial charge is 0.481 e. The van der Waals surface area contributed by atoms with Crippen LogP contribution < -0.4 is 0 Å². The second kappa shape index (κ2) is 5.74. The average molecular weight is 326 g/mol. The molecule has 2 fully saturated rings. The number of nitrogens with zero attached hydrogens (tertiary/aromatic N) is 4. The van der Waals surface area contributed by atoms with Gasteiger partial charge in [-0.25, -0.2) is 4.68 Å². The Hall–Kier alpha value is -2.70. The summed E-state index contributed by atoms with van der Waals surface area (Å²) in [6.45, 7) is 0.756. The molecule has 7 nitrogen and oxygen atoms in total. The van der Waals surface area contributed by atoms with Crippen molar-refractivity contribution in [1.29, 1.82) is 0 Å². The van der Waals surface area contributed by atoms with Crippen molar-refractivity contribution in [1.82, 2.24) is 19.9 Å². The number of amides is 1. The molecule has 4 rings (SSSR count). The van der Waals surface area contributed by atoms with Gasteiger partial charge >= 0.3 is 5.97 Å². The molecular formula is C17H18N4O3. The zero-order valence-electron chi connectivity index (χ0n) is 13.1. The topological polar surface area (TPSA) is 88.3 Å². The molecule has 7 heteroatoms. The van der Waals surface area contributed by atoms with Crippen LogP contribution in [0, 0.1) is 17.8 Å². The minimum atomic E-state index is -0.810. The van der Waals surface area contributed by atoms with Gasteiger partial charge in [0.05, 0.1) is 17.8 Å². The van der Waals surface area contributed by atoms with Gasteiger partial charge in [-0.3, -0.25) is 9.59 Å². The summed E-state index contributed by atoms with van der Waals surface area (Å²) in [6, 6.07) is 9.43. The molecule has 1 aromatic heterocycles. The number of benzene rings is 1. The first-order chi connectivity index (χ1) is 11.6. The molecule has 1 N–H and O–H groups in total. The molecule has 2 aromatic rings. The number of carboxylic acid groups (broad SMARTS) is 1. The molecular weight excluding hydrogens is 308 g/mol. The second-order valence-corrected chi connectivity index (χ2v) is 6.54. The van der Waals surface area contributed by atoms with Gasteiger partial charge in [0.15, 0.2) is 5.69 Å². The number of rotatable bonds is 4. The van der Waals surface area contributed by atoms with Gasteiger partial charge in [-0.2, -0.15) is 0 Å². The van der Waals surface area contributed by atoms with Crippen LogP contribution in [0.5, 0.6) is 0 Å². The molecule has 0 spiro atoms. The van der Waals surface area contributed by atoms with Crippen molar-refractivity contribution in [3.63, 3.8) is 0 Å². The normalized spacial score (nSPS) is 23.4. The van der Waals surface area contributed by atoms with Gasteiger partial charge in [-0.1, -0.05) is 23.4 Å². The zero-order valence-corrected chi connectivity index (χ0v) is 13.1. The Bertz CT molecular complexity index is 769. The molecule has 1 aliphatic carbocycles. The van der Waals surface area contributed by atoms with Crippen molar-refractivity contribution in [2.45, 2.75) is 12.8 Å². The van der Waals surface area contributed by atoms with Gasteiger partial charge in [-0.05, 0) is 36.8 Å². The van der Waals surface area contributed by atoms with Gasteiger partial charge in [0, 0.05) is 13.1 Å². The highest BCUT2D eigenvalue weighted by atomic mass is 16.4. The Balaban J connectivity index is 1.52. The summed E-state index contributed by atoms with van der Waals surface area (Å²) in [7, 11) is 0. The summed E-state index contributed by atoms with van der Waals surface area (Å²) in [6.07, 6.45) is 3.74. The monoisotopic (exact) mass is 326 g/mol. The third kappa shape index (κ3) is 2.66. The Kier molecular flexibility index (Phi) is 3.55. The molecule has 1 saturated carbocycles. The fourth-order valence-electron chi connectivity index (χ4n) is 3.49. The number of likely N-dealkylation sites (tertiary alicyclic amines) is 1. The van der Waals surface area contributed by atoms with E-state index in [-0.39, 0.29) is 24.1 Å². The van der Waals surface area contributed by atoms with Crippen LogP contribution in [-0.4, -0.2) is 50.0 Å². The molecule has 1 aromatic carbocycles. The molecule has 1 amide bonds. The van der Waals surface area contributed by atoms with E-state index in [4.69, 9.17) is 0 Å². The van der Waals surface area contributed by atoms with Crippen molar-refractivity contribution < 1.29 is 14.7 Å². The summed E-state index contributed by atoms with van der Waals surface area (Å²) >= 11 is 0. The minimum Gasteiger partial charge on any atom is -0.481 e. The fourth-order valence-corrected chi connectivity index (χ4v) is 3.49. The Morgan fingerprint density at radius 2 is 1.88 bits per heavy atom. The van der Waals surface area contributed by atoms with Crippen molar-refractivity contribution in [3.8, 4) is 5.69 Å². The molecule has 124 valence electrons. The Morgan fingerprint density at radius 1 is 1.12 bits per heavy atom. The van der Waals surface area contributed by atoms with Crippen molar-refractivity contribution in [3.05, 3.63) is 42.2 Å². The maximum absolute atomic E-state index is 12.7. The molecule has 0 unspecified atom stereocenters. The molecule has 24 heavy (non-hydrogen) atoms. The van der Waals surface area contributed by atoms with E-state index in [2.05, 4.69) is 10.3 Å². The summed E-state index contributed by atoms with van der Waals surface area (Å²) in [5.74, 6) is -1.01. The van der Waals surface area contributed by atoms with E-state index >= 15 is 0 Å². The van der Waals surface area contributed by atoms with E-state index in [0.717, 1.165) is 18.5 Å². The van der Waals surface area contributed by atoms with Crippen LogP contribution in [0.4, 0.5) is 0 Å². The molecule has 1 saturated heterocycles. The highest BCUT2D eigenvalue weighted by Gasteiger charge is 2.47. The van der Waals surface area contributed by atoms with Gasteiger partial charge in [-0.15, -0.1) is 5.10 Å². The van der Waals surface area contributed by atoms with Crippen LogP contribution in [0.3, 0.4) is 0 Å².